The van der Waals surface area contributed by atoms with Crippen LogP contribution < -0.4 is 14.8 Å². The Labute approximate surface area is 194 Å². The van der Waals surface area contributed by atoms with E-state index >= 15 is 0 Å². The summed E-state index contributed by atoms with van der Waals surface area (Å²) in [4.78, 5) is 28.8. The lowest BCUT2D eigenvalue weighted by atomic mass is 10.2. The maximum atomic E-state index is 12.5. The molecule has 0 saturated carbocycles. The minimum Gasteiger partial charge on any atom is -0.491 e. The molecule has 3 rings (SSSR count). The molecule has 0 spiro atoms. The quantitative estimate of drug-likeness (QED) is 0.624. The lowest BCUT2D eigenvalue weighted by Gasteiger charge is -2.34. The van der Waals surface area contributed by atoms with Crippen molar-refractivity contribution in [2.75, 3.05) is 45.9 Å². The Morgan fingerprint density at radius 2 is 1.72 bits per heavy atom. The zero-order valence-electron chi connectivity index (χ0n) is 18.6. The number of nitrogens with zero attached hydrogens (tertiary/aromatic N) is 2. The van der Waals surface area contributed by atoms with E-state index in [1.165, 1.54) is 0 Å². The van der Waals surface area contributed by atoms with Crippen molar-refractivity contribution in [3.63, 3.8) is 0 Å². The molecule has 1 heterocycles. The molecule has 1 N–H and O–H groups in total. The van der Waals surface area contributed by atoms with E-state index < -0.39 is 0 Å². The van der Waals surface area contributed by atoms with E-state index in [1.807, 2.05) is 32.0 Å². The highest BCUT2D eigenvalue weighted by Gasteiger charge is 2.21. The van der Waals surface area contributed by atoms with Crippen molar-refractivity contribution in [3.8, 4) is 11.5 Å². The van der Waals surface area contributed by atoms with Gasteiger partial charge in [0.25, 0.3) is 5.91 Å². The van der Waals surface area contributed by atoms with E-state index in [9.17, 15) is 9.59 Å². The van der Waals surface area contributed by atoms with E-state index in [0.29, 0.717) is 41.8 Å². The highest BCUT2D eigenvalue weighted by molar-refractivity contribution is 6.32. The normalized spacial score (nSPS) is 14.3. The number of benzene rings is 2. The van der Waals surface area contributed by atoms with Crippen LogP contribution in [0.15, 0.2) is 48.5 Å². The van der Waals surface area contributed by atoms with Crippen LogP contribution >= 0.6 is 11.6 Å². The van der Waals surface area contributed by atoms with Crippen molar-refractivity contribution in [1.82, 2.24) is 15.1 Å². The van der Waals surface area contributed by atoms with Crippen molar-refractivity contribution in [2.24, 2.45) is 0 Å². The molecule has 2 amide bonds. The predicted molar refractivity (Wildman–Crippen MR) is 125 cm³/mol. The Hall–Kier alpha value is -2.77. The van der Waals surface area contributed by atoms with Gasteiger partial charge in [-0.05, 0) is 50.2 Å². The number of hydrogen-bond donors (Lipinski definition) is 1. The number of carbonyl (C=O) groups is 2. The molecule has 0 radical (unpaired) electrons. The van der Waals surface area contributed by atoms with Crippen LogP contribution in [-0.4, -0.2) is 73.6 Å². The van der Waals surface area contributed by atoms with Gasteiger partial charge in [-0.3, -0.25) is 14.5 Å². The van der Waals surface area contributed by atoms with Gasteiger partial charge < -0.3 is 19.7 Å². The molecule has 0 unspecified atom stereocenters. The summed E-state index contributed by atoms with van der Waals surface area (Å²) in [5.74, 6) is 1.04. The number of halogens is 1. The van der Waals surface area contributed by atoms with Gasteiger partial charge in [0, 0.05) is 38.3 Å². The fourth-order valence-electron chi connectivity index (χ4n) is 3.39. The lowest BCUT2D eigenvalue weighted by molar-refractivity contribution is -0.131. The van der Waals surface area contributed by atoms with Crippen molar-refractivity contribution in [1.29, 1.82) is 0 Å². The van der Waals surface area contributed by atoms with E-state index in [4.69, 9.17) is 21.1 Å². The topological polar surface area (TPSA) is 71.1 Å². The number of ether oxygens (including phenoxy) is 2. The molecular weight excluding hydrogens is 430 g/mol. The largest absolute Gasteiger partial charge is 0.491 e. The van der Waals surface area contributed by atoms with Crippen LogP contribution in [0.3, 0.4) is 0 Å². The molecule has 0 aliphatic carbocycles. The SMILES string of the molecule is CC(C)Oc1ccc(C(=O)NCC(=O)N2CCN(CCOc3ccccc3Cl)CC2)cc1. The van der Waals surface area contributed by atoms with Gasteiger partial charge in [-0.1, -0.05) is 23.7 Å². The highest BCUT2D eigenvalue weighted by Crippen LogP contribution is 2.23. The van der Waals surface area contributed by atoms with E-state index in [2.05, 4.69) is 10.2 Å². The summed E-state index contributed by atoms with van der Waals surface area (Å²) in [5.41, 5.74) is 0.497. The van der Waals surface area contributed by atoms with Gasteiger partial charge in [-0.15, -0.1) is 0 Å². The smallest absolute Gasteiger partial charge is 0.251 e. The number of amides is 2. The van der Waals surface area contributed by atoms with Gasteiger partial charge in [-0.25, -0.2) is 0 Å². The molecule has 7 nitrogen and oxygen atoms in total. The Balaban J connectivity index is 1.35. The minimum atomic E-state index is -0.273. The van der Waals surface area contributed by atoms with E-state index in [1.54, 1.807) is 35.2 Å². The minimum absolute atomic E-state index is 0.0152. The summed E-state index contributed by atoms with van der Waals surface area (Å²) in [6, 6.07) is 14.3. The number of rotatable bonds is 9. The first-order valence-electron chi connectivity index (χ1n) is 10.8. The molecule has 1 aliphatic rings. The summed E-state index contributed by atoms with van der Waals surface area (Å²) in [6.45, 7) is 7.96. The predicted octanol–water partition coefficient (Wildman–Crippen LogP) is 3.08. The van der Waals surface area contributed by atoms with Crippen molar-refractivity contribution in [3.05, 3.63) is 59.1 Å². The molecule has 0 bridgehead atoms. The van der Waals surface area contributed by atoms with E-state index in [-0.39, 0.29) is 24.5 Å². The van der Waals surface area contributed by atoms with Gasteiger partial charge in [0.1, 0.15) is 18.1 Å². The number of carbonyl (C=O) groups excluding carboxylic acids is 2. The van der Waals surface area contributed by atoms with Crippen LogP contribution in [0.5, 0.6) is 11.5 Å². The van der Waals surface area contributed by atoms with Crippen LogP contribution in [0.2, 0.25) is 5.02 Å². The average molecular weight is 460 g/mol. The third-order valence-electron chi connectivity index (χ3n) is 5.12. The molecule has 0 aromatic heterocycles. The molecule has 1 saturated heterocycles. The third-order valence-corrected chi connectivity index (χ3v) is 5.43. The standard InChI is InChI=1S/C24H30ClN3O4/c1-18(2)32-20-9-7-19(8-10-20)24(30)26-17-23(29)28-13-11-27(12-14-28)15-16-31-22-6-4-3-5-21(22)25/h3-10,18H,11-17H2,1-2H3,(H,26,30). The first kappa shape index (κ1) is 23.9. The third kappa shape index (κ3) is 7.14. The molecule has 2 aromatic carbocycles. The lowest BCUT2D eigenvalue weighted by Crippen LogP contribution is -2.51. The fourth-order valence-corrected chi connectivity index (χ4v) is 3.58. The Morgan fingerprint density at radius 3 is 2.38 bits per heavy atom. The van der Waals surface area contributed by atoms with Gasteiger partial charge in [0.15, 0.2) is 0 Å². The monoisotopic (exact) mass is 459 g/mol. The highest BCUT2D eigenvalue weighted by atomic mass is 35.5. The zero-order valence-corrected chi connectivity index (χ0v) is 19.3. The van der Waals surface area contributed by atoms with Crippen LogP contribution in [0, 0.1) is 0 Å². The molecular formula is C24H30ClN3O4. The second kappa shape index (κ2) is 11.7. The Bertz CT molecular complexity index is 896. The first-order chi connectivity index (χ1) is 15.4. The molecule has 8 heteroatoms. The second-order valence-corrected chi connectivity index (χ2v) is 8.28. The summed E-state index contributed by atoms with van der Waals surface area (Å²) >= 11 is 6.10. The maximum Gasteiger partial charge on any atom is 0.251 e. The zero-order chi connectivity index (χ0) is 22.9. The van der Waals surface area contributed by atoms with Crippen molar-refractivity contribution < 1.29 is 19.1 Å². The summed E-state index contributed by atoms with van der Waals surface area (Å²) < 4.78 is 11.3. The Morgan fingerprint density at radius 1 is 1.03 bits per heavy atom. The van der Waals surface area contributed by atoms with Crippen molar-refractivity contribution in [2.45, 2.75) is 20.0 Å². The van der Waals surface area contributed by atoms with Crippen LogP contribution in [0.1, 0.15) is 24.2 Å². The number of hydrogen-bond acceptors (Lipinski definition) is 5. The van der Waals surface area contributed by atoms with Gasteiger partial charge in [0.2, 0.25) is 5.91 Å². The molecule has 1 fully saturated rings. The Kier molecular flexibility index (Phi) is 8.76. The molecule has 1 aliphatic heterocycles. The maximum absolute atomic E-state index is 12.5. The van der Waals surface area contributed by atoms with Crippen LogP contribution in [0.4, 0.5) is 0 Å². The van der Waals surface area contributed by atoms with Gasteiger partial charge >= 0.3 is 0 Å². The molecule has 2 aromatic rings. The number of piperazine rings is 1. The summed E-state index contributed by atoms with van der Waals surface area (Å²) in [7, 11) is 0. The second-order valence-electron chi connectivity index (χ2n) is 7.87. The van der Waals surface area contributed by atoms with Crippen LogP contribution in [0.25, 0.3) is 0 Å². The number of para-hydroxylation sites is 1. The fraction of sp³-hybridized carbons (Fsp3) is 0.417. The summed E-state index contributed by atoms with van der Waals surface area (Å²) in [6.07, 6.45) is 0.0719. The van der Waals surface area contributed by atoms with Gasteiger partial charge in [-0.2, -0.15) is 0 Å². The summed E-state index contributed by atoms with van der Waals surface area (Å²) in [5, 5.41) is 3.31. The number of nitrogens with one attached hydrogen (secondary N) is 1. The molecule has 172 valence electrons. The molecule has 0 atom stereocenters. The first-order valence-corrected chi connectivity index (χ1v) is 11.2. The van der Waals surface area contributed by atoms with Gasteiger partial charge in [0.05, 0.1) is 17.7 Å². The van der Waals surface area contributed by atoms with Crippen LogP contribution in [-0.2, 0) is 4.79 Å². The molecule has 32 heavy (non-hydrogen) atoms. The van der Waals surface area contributed by atoms with E-state index in [0.717, 1.165) is 19.6 Å². The van der Waals surface area contributed by atoms with Crippen molar-refractivity contribution >= 4 is 23.4 Å². The average Bonchev–Trinajstić information content (AvgIpc) is 2.79.